The number of methoxy groups -OCH3 is 1. The average molecular weight is 308 g/mol. The van der Waals surface area contributed by atoms with Gasteiger partial charge in [-0.3, -0.25) is 0 Å². The number of aryl methyl sites for hydroxylation is 2. The standard InChI is InChI=1S/C16H18ClNOS/c1-10-8-11(6-7-14(10)19-2)18-13-4-3-5-15-12(13)9-16(17)20-15/h6-9,13,18H,3-5H2,1-2H3. The van der Waals surface area contributed by atoms with Gasteiger partial charge in [-0.25, -0.2) is 0 Å². The number of rotatable bonds is 3. The van der Waals surface area contributed by atoms with Crippen LogP contribution in [0.4, 0.5) is 5.69 Å². The van der Waals surface area contributed by atoms with Crippen LogP contribution in [0.25, 0.3) is 0 Å². The maximum Gasteiger partial charge on any atom is 0.121 e. The second-order valence-corrected chi connectivity index (χ2v) is 6.97. The van der Waals surface area contributed by atoms with Crippen LogP contribution >= 0.6 is 22.9 Å². The summed E-state index contributed by atoms with van der Waals surface area (Å²) < 4.78 is 6.20. The fourth-order valence-electron chi connectivity index (χ4n) is 2.84. The first-order valence-corrected chi connectivity index (χ1v) is 8.06. The van der Waals surface area contributed by atoms with Crippen molar-refractivity contribution in [1.29, 1.82) is 0 Å². The third-order valence-corrected chi connectivity index (χ3v) is 5.16. The van der Waals surface area contributed by atoms with Crippen molar-refractivity contribution in [2.45, 2.75) is 32.2 Å². The van der Waals surface area contributed by atoms with Crippen molar-refractivity contribution < 1.29 is 4.74 Å². The normalized spacial score (nSPS) is 17.6. The van der Waals surface area contributed by atoms with Crippen LogP contribution in [0.1, 0.15) is 34.9 Å². The molecule has 4 heteroatoms. The highest BCUT2D eigenvalue weighted by atomic mass is 35.5. The fourth-order valence-corrected chi connectivity index (χ4v) is 4.22. The molecule has 20 heavy (non-hydrogen) atoms. The smallest absolute Gasteiger partial charge is 0.121 e. The Labute approximate surface area is 128 Å². The van der Waals surface area contributed by atoms with Gasteiger partial charge in [0.15, 0.2) is 0 Å². The van der Waals surface area contributed by atoms with Crippen molar-refractivity contribution in [3.8, 4) is 5.75 Å². The van der Waals surface area contributed by atoms with Crippen LogP contribution in [0.2, 0.25) is 4.34 Å². The summed E-state index contributed by atoms with van der Waals surface area (Å²) in [6.45, 7) is 2.07. The van der Waals surface area contributed by atoms with Gasteiger partial charge in [0.1, 0.15) is 5.75 Å². The molecule has 0 bridgehead atoms. The summed E-state index contributed by atoms with van der Waals surface area (Å²) in [6.07, 6.45) is 3.54. The number of hydrogen-bond acceptors (Lipinski definition) is 3. The maximum atomic E-state index is 6.16. The molecule has 2 aromatic rings. The summed E-state index contributed by atoms with van der Waals surface area (Å²) in [4.78, 5) is 1.43. The van der Waals surface area contributed by atoms with E-state index in [1.165, 1.54) is 16.9 Å². The fraction of sp³-hybridized carbons (Fsp3) is 0.375. The number of anilines is 1. The average Bonchev–Trinajstić information content (AvgIpc) is 2.80. The van der Waals surface area contributed by atoms with Crippen molar-refractivity contribution in [3.05, 3.63) is 44.6 Å². The van der Waals surface area contributed by atoms with Gasteiger partial charge in [-0.1, -0.05) is 11.6 Å². The number of hydrogen-bond donors (Lipinski definition) is 1. The molecule has 1 unspecified atom stereocenters. The summed E-state index contributed by atoms with van der Waals surface area (Å²) in [6, 6.07) is 8.72. The molecule has 3 rings (SSSR count). The van der Waals surface area contributed by atoms with Crippen molar-refractivity contribution >= 4 is 28.6 Å². The first kappa shape index (κ1) is 13.8. The number of benzene rings is 1. The molecule has 106 valence electrons. The molecule has 0 aliphatic heterocycles. The molecule has 1 atom stereocenters. The minimum atomic E-state index is 0.371. The van der Waals surface area contributed by atoms with E-state index in [-0.39, 0.29) is 0 Å². The third-order valence-electron chi connectivity index (χ3n) is 3.82. The number of ether oxygens (including phenoxy) is 1. The van der Waals surface area contributed by atoms with Crippen LogP contribution < -0.4 is 10.1 Å². The van der Waals surface area contributed by atoms with E-state index in [1.54, 1.807) is 18.4 Å². The van der Waals surface area contributed by atoms with E-state index >= 15 is 0 Å². The van der Waals surface area contributed by atoms with E-state index < -0.39 is 0 Å². The number of nitrogens with one attached hydrogen (secondary N) is 1. The predicted molar refractivity (Wildman–Crippen MR) is 86.4 cm³/mol. The molecule has 0 radical (unpaired) electrons. The molecule has 0 amide bonds. The quantitative estimate of drug-likeness (QED) is 0.840. The van der Waals surface area contributed by atoms with Gasteiger partial charge >= 0.3 is 0 Å². The van der Waals surface area contributed by atoms with E-state index in [0.717, 1.165) is 34.2 Å². The largest absolute Gasteiger partial charge is 0.496 e. The van der Waals surface area contributed by atoms with E-state index in [0.29, 0.717) is 6.04 Å². The van der Waals surface area contributed by atoms with Crippen molar-refractivity contribution in [2.24, 2.45) is 0 Å². The van der Waals surface area contributed by atoms with Gasteiger partial charge in [-0.15, -0.1) is 11.3 Å². The highest BCUT2D eigenvalue weighted by molar-refractivity contribution is 7.16. The summed E-state index contributed by atoms with van der Waals surface area (Å²) in [5.74, 6) is 0.929. The van der Waals surface area contributed by atoms with Crippen molar-refractivity contribution in [3.63, 3.8) is 0 Å². The Balaban J connectivity index is 1.83. The van der Waals surface area contributed by atoms with Gasteiger partial charge < -0.3 is 10.1 Å². The predicted octanol–water partition coefficient (Wildman–Crippen LogP) is 5.21. The van der Waals surface area contributed by atoms with E-state index in [4.69, 9.17) is 16.3 Å². The zero-order chi connectivity index (χ0) is 14.1. The van der Waals surface area contributed by atoms with Crippen LogP contribution in [0, 0.1) is 6.92 Å². The second-order valence-electron chi connectivity index (χ2n) is 5.20. The molecule has 1 aliphatic carbocycles. The van der Waals surface area contributed by atoms with Gasteiger partial charge in [0.25, 0.3) is 0 Å². The van der Waals surface area contributed by atoms with Gasteiger partial charge in [-0.05, 0) is 61.6 Å². The molecule has 1 aliphatic rings. The Bertz CT molecular complexity index is 623. The summed E-state index contributed by atoms with van der Waals surface area (Å²) in [5.41, 5.74) is 3.67. The molecule has 0 fully saturated rings. The van der Waals surface area contributed by atoms with Crippen LogP contribution in [0.5, 0.6) is 5.75 Å². The van der Waals surface area contributed by atoms with Gasteiger partial charge in [0, 0.05) is 10.6 Å². The Morgan fingerprint density at radius 2 is 2.20 bits per heavy atom. The molecule has 1 N–H and O–H groups in total. The topological polar surface area (TPSA) is 21.3 Å². The van der Waals surface area contributed by atoms with Gasteiger partial charge in [0.05, 0.1) is 17.5 Å². The molecule has 2 nitrogen and oxygen atoms in total. The number of thiophene rings is 1. The molecule has 0 saturated carbocycles. The zero-order valence-corrected chi connectivity index (χ0v) is 13.3. The van der Waals surface area contributed by atoms with Gasteiger partial charge in [-0.2, -0.15) is 0 Å². The second kappa shape index (κ2) is 5.66. The highest BCUT2D eigenvalue weighted by Gasteiger charge is 2.22. The Hall–Kier alpha value is -1.19. The highest BCUT2D eigenvalue weighted by Crippen LogP contribution is 2.39. The third kappa shape index (κ3) is 2.65. The van der Waals surface area contributed by atoms with Crippen LogP contribution in [-0.2, 0) is 6.42 Å². The van der Waals surface area contributed by atoms with E-state index in [9.17, 15) is 0 Å². The lowest BCUT2D eigenvalue weighted by Gasteiger charge is -2.25. The Morgan fingerprint density at radius 1 is 1.35 bits per heavy atom. The molecule has 0 spiro atoms. The maximum absolute atomic E-state index is 6.16. The summed E-state index contributed by atoms with van der Waals surface area (Å²) in [7, 11) is 1.70. The summed E-state index contributed by atoms with van der Waals surface area (Å²) >= 11 is 7.88. The lowest BCUT2D eigenvalue weighted by atomic mass is 9.94. The lowest BCUT2D eigenvalue weighted by Crippen LogP contribution is -2.15. The Morgan fingerprint density at radius 3 is 2.95 bits per heavy atom. The Kier molecular flexibility index (Phi) is 3.90. The number of halogens is 1. The molecule has 1 heterocycles. The molecule has 0 saturated heterocycles. The first-order valence-electron chi connectivity index (χ1n) is 6.86. The van der Waals surface area contributed by atoms with Crippen molar-refractivity contribution in [2.75, 3.05) is 12.4 Å². The van der Waals surface area contributed by atoms with Crippen LogP contribution in [-0.4, -0.2) is 7.11 Å². The molecule has 1 aromatic heterocycles. The lowest BCUT2D eigenvalue weighted by molar-refractivity contribution is 0.411. The minimum absolute atomic E-state index is 0.371. The zero-order valence-electron chi connectivity index (χ0n) is 11.7. The van der Waals surface area contributed by atoms with E-state index in [1.807, 2.05) is 6.07 Å². The minimum Gasteiger partial charge on any atom is -0.496 e. The molecular formula is C16H18ClNOS. The van der Waals surface area contributed by atoms with Crippen LogP contribution in [0.15, 0.2) is 24.3 Å². The molecular weight excluding hydrogens is 290 g/mol. The van der Waals surface area contributed by atoms with Crippen molar-refractivity contribution in [1.82, 2.24) is 0 Å². The SMILES string of the molecule is COc1ccc(NC2CCCc3sc(Cl)cc32)cc1C. The van der Waals surface area contributed by atoms with Crippen LogP contribution in [0.3, 0.4) is 0 Å². The first-order chi connectivity index (χ1) is 9.67. The molecule has 1 aromatic carbocycles. The monoisotopic (exact) mass is 307 g/mol. The van der Waals surface area contributed by atoms with Gasteiger partial charge in [0.2, 0.25) is 0 Å². The van der Waals surface area contributed by atoms with E-state index in [2.05, 4.69) is 30.4 Å². The number of fused-ring (bicyclic) bond motifs is 1. The summed E-state index contributed by atoms with van der Waals surface area (Å²) in [5, 5.41) is 3.63.